The molecule has 0 aliphatic carbocycles. The number of aryl methyl sites for hydroxylation is 1. The van der Waals surface area contributed by atoms with Gasteiger partial charge in [-0.15, -0.1) is 23.7 Å². The van der Waals surface area contributed by atoms with Gasteiger partial charge in [0.2, 0.25) is 5.91 Å². The van der Waals surface area contributed by atoms with Crippen LogP contribution < -0.4 is 10.2 Å². The molecule has 27 heavy (non-hydrogen) atoms. The molecule has 0 atom stereocenters. The summed E-state index contributed by atoms with van der Waals surface area (Å²) >= 11 is 1.48. The Morgan fingerprint density at radius 1 is 1.26 bits per heavy atom. The van der Waals surface area contributed by atoms with Crippen molar-refractivity contribution in [2.45, 2.75) is 25.7 Å². The Morgan fingerprint density at radius 3 is 2.56 bits per heavy atom. The van der Waals surface area contributed by atoms with Crippen molar-refractivity contribution in [3.8, 4) is 11.3 Å². The zero-order chi connectivity index (χ0) is 18.5. The van der Waals surface area contributed by atoms with Gasteiger partial charge < -0.3 is 15.3 Å². The highest BCUT2D eigenvalue weighted by molar-refractivity contribution is 7.09. The van der Waals surface area contributed by atoms with Crippen molar-refractivity contribution in [2.75, 3.05) is 25.0 Å². The van der Waals surface area contributed by atoms with Crippen LogP contribution in [0.1, 0.15) is 24.3 Å². The van der Waals surface area contributed by atoms with Gasteiger partial charge in [0.05, 0.1) is 17.1 Å². The molecule has 0 spiro atoms. The number of amides is 1. The van der Waals surface area contributed by atoms with Crippen LogP contribution in [0.25, 0.3) is 11.3 Å². The topological polar surface area (TPSA) is 82.5 Å². The first kappa shape index (κ1) is 21.3. The highest BCUT2D eigenvalue weighted by Gasteiger charge is 2.24. The number of hydrogen-bond acceptors (Lipinski definition) is 5. The summed E-state index contributed by atoms with van der Waals surface area (Å²) in [5.74, 6) is -0.548. The van der Waals surface area contributed by atoms with Crippen molar-refractivity contribution in [2.24, 2.45) is 5.92 Å². The van der Waals surface area contributed by atoms with Gasteiger partial charge in [-0.25, -0.2) is 4.98 Å². The Balaban J connectivity index is 0.00000261. The molecule has 1 aromatic carbocycles. The molecule has 0 unspecified atom stereocenters. The summed E-state index contributed by atoms with van der Waals surface area (Å²) in [5.41, 5.74) is 2.68. The van der Waals surface area contributed by atoms with Crippen molar-refractivity contribution in [1.29, 1.82) is 0 Å². The molecule has 1 saturated heterocycles. The first-order valence-electron chi connectivity index (χ1n) is 8.79. The second-order valence-electron chi connectivity index (χ2n) is 6.49. The lowest BCUT2D eigenvalue weighted by atomic mass is 9.96. The van der Waals surface area contributed by atoms with Crippen LogP contribution in [0.5, 0.6) is 0 Å². The molecule has 6 nitrogen and oxygen atoms in total. The SMILES string of the molecule is CN(C(=O)C1CCNCC1)c1ccc(-c2csc(CCC(=O)O)n2)cc1.Cl. The van der Waals surface area contributed by atoms with E-state index in [-0.39, 0.29) is 30.7 Å². The lowest BCUT2D eigenvalue weighted by molar-refractivity contribution is -0.137. The van der Waals surface area contributed by atoms with Gasteiger partial charge >= 0.3 is 5.97 Å². The van der Waals surface area contributed by atoms with Gasteiger partial charge in [-0.05, 0) is 38.1 Å². The zero-order valence-electron chi connectivity index (χ0n) is 15.2. The van der Waals surface area contributed by atoms with Gasteiger partial charge in [0.15, 0.2) is 0 Å². The first-order chi connectivity index (χ1) is 12.5. The van der Waals surface area contributed by atoms with Crippen LogP contribution in [0.4, 0.5) is 5.69 Å². The van der Waals surface area contributed by atoms with Crippen molar-refractivity contribution >= 4 is 41.3 Å². The molecule has 1 fully saturated rings. The summed E-state index contributed by atoms with van der Waals surface area (Å²) in [6.45, 7) is 1.80. The number of nitrogens with one attached hydrogen (secondary N) is 1. The highest BCUT2D eigenvalue weighted by Crippen LogP contribution is 2.26. The van der Waals surface area contributed by atoms with Crippen molar-refractivity contribution in [3.05, 3.63) is 34.7 Å². The fraction of sp³-hybridized carbons (Fsp3) is 0.421. The molecule has 146 valence electrons. The third kappa shape index (κ3) is 5.51. The number of anilines is 1. The van der Waals surface area contributed by atoms with Gasteiger partial charge in [0, 0.05) is 36.0 Å². The molecule has 0 bridgehead atoms. The number of aliphatic carboxylic acids is 1. The summed E-state index contributed by atoms with van der Waals surface area (Å²) in [4.78, 5) is 29.5. The van der Waals surface area contributed by atoms with E-state index < -0.39 is 5.97 Å². The lowest BCUT2D eigenvalue weighted by Crippen LogP contribution is -2.39. The standard InChI is InChI=1S/C19H23N3O3S.ClH/c1-22(19(25)14-8-10-20-11-9-14)15-4-2-13(3-5-15)16-12-26-17(21-16)6-7-18(23)24;/h2-5,12,14,20H,6-11H2,1H3,(H,23,24);1H. The van der Waals surface area contributed by atoms with E-state index >= 15 is 0 Å². The maximum Gasteiger partial charge on any atom is 0.303 e. The summed E-state index contributed by atoms with van der Waals surface area (Å²) in [7, 11) is 1.83. The van der Waals surface area contributed by atoms with Crippen molar-refractivity contribution < 1.29 is 14.7 Å². The Hall–Kier alpha value is -1.96. The third-order valence-corrected chi connectivity index (χ3v) is 5.58. The number of nitrogens with zero attached hydrogens (tertiary/aromatic N) is 2. The van der Waals surface area contributed by atoms with E-state index in [4.69, 9.17) is 5.11 Å². The summed E-state index contributed by atoms with van der Waals surface area (Å²) in [6, 6.07) is 7.78. The van der Waals surface area contributed by atoms with Crippen LogP contribution in [0.3, 0.4) is 0 Å². The molecule has 1 aliphatic heterocycles. The molecule has 1 amide bonds. The van der Waals surface area contributed by atoms with E-state index in [9.17, 15) is 9.59 Å². The lowest BCUT2D eigenvalue weighted by Gasteiger charge is -2.27. The van der Waals surface area contributed by atoms with Gasteiger partial charge in [-0.3, -0.25) is 9.59 Å². The van der Waals surface area contributed by atoms with E-state index in [2.05, 4.69) is 10.3 Å². The largest absolute Gasteiger partial charge is 0.481 e. The third-order valence-electron chi connectivity index (χ3n) is 4.67. The minimum Gasteiger partial charge on any atom is -0.481 e. The first-order valence-corrected chi connectivity index (χ1v) is 9.67. The predicted octanol–water partition coefficient (Wildman–Crippen LogP) is 3.21. The molecule has 2 aromatic rings. The number of thiazole rings is 1. The molecule has 2 N–H and O–H groups in total. The minimum absolute atomic E-state index is 0. The van der Waals surface area contributed by atoms with Crippen LogP contribution >= 0.6 is 23.7 Å². The maximum absolute atomic E-state index is 12.6. The van der Waals surface area contributed by atoms with E-state index in [0.717, 1.165) is 47.9 Å². The number of hydrogen-bond donors (Lipinski definition) is 2. The van der Waals surface area contributed by atoms with E-state index in [1.807, 2.05) is 36.7 Å². The maximum atomic E-state index is 12.6. The minimum atomic E-state index is -0.812. The number of benzene rings is 1. The van der Waals surface area contributed by atoms with Crippen molar-refractivity contribution in [3.63, 3.8) is 0 Å². The molecular weight excluding hydrogens is 386 g/mol. The average molecular weight is 410 g/mol. The fourth-order valence-corrected chi connectivity index (χ4v) is 3.91. The van der Waals surface area contributed by atoms with Gasteiger partial charge in [0.1, 0.15) is 0 Å². The Kier molecular flexibility index (Phi) is 7.77. The van der Waals surface area contributed by atoms with Crippen LogP contribution in [0, 0.1) is 5.92 Å². The number of aromatic nitrogens is 1. The van der Waals surface area contributed by atoms with Gasteiger partial charge in [0.25, 0.3) is 0 Å². The Bertz CT molecular complexity index is 773. The summed E-state index contributed by atoms with van der Waals surface area (Å²) in [5, 5.41) is 14.8. The molecule has 2 heterocycles. The molecule has 8 heteroatoms. The highest BCUT2D eigenvalue weighted by atomic mass is 35.5. The summed E-state index contributed by atoms with van der Waals surface area (Å²) < 4.78 is 0. The second-order valence-corrected chi connectivity index (χ2v) is 7.43. The number of halogens is 1. The Morgan fingerprint density at radius 2 is 1.93 bits per heavy atom. The Labute approximate surface area is 169 Å². The average Bonchev–Trinajstić information content (AvgIpc) is 3.15. The zero-order valence-corrected chi connectivity index (χ0v) is 16.8. The molecule has 0 saturated carbocycles. The van der Waals surface area contributed by atoms with E-state index in [1.165, 1.54) is 11.3 Å². The molecule has 1 aliphatic rings. The number of carbonyl (C=O) groups is 2. The number of carboxylic acid groups (broad SMARTS) is 1. The molecular formula is C19H24ClN3O3S. The molecule has 0 radical (unpaired) electrons. The van der Waals surface area contributed by atoms with Crippen LogP contribution in [0.15, 0.2) is 29.6 Å². The number of carbonyl (C=O) groups excluding carboxylic acids is 1. The monoisotopic (exact) mass is 409 g/mol. The predicted molar refractivity (Wildman–Crippen MR) is 110 cm³/mol. The number of carboxylic acids is 1. The summed E-state index contributed by atoms with van der Waals surface area (Å²) in [6.07, 6.45) is 2.32. The normalized spacial score (nSPS) is 14.4. The van der Waals surface area contributed by atoms with Crippen LogP contribution in [-0.4, -0.2) is 42.1 Å². The van der Waals surface area contributed by atoms with Gasteiger partial charge in [-0.1, -0.05) is 12.1 Å². The second kappa shape index (κ2) is 9.82. The molecule has 3 rings (SSSR count). The van der Waals surface area contributed by atoms with Crippen LogP contribution in [0.2, 0.25) is 0 Å². The molecule has 1 aromatic heterocycles. The fourth-order valence-electron chi connectivity index (χ4n) is 3.10. The van der Waals surface area contributed by atoms with E-state index in [1.54, 1.807) is 4.90 Å². The van der Waals surface area contributed by atoms with Crippen molar-refractivity contribution in [1.82, 2.24) is 10.3 Å². The smallest absolute Gasteiger partial charge is 0.303 e. The van der Waals surface area contributed by atoms with Gasteiger partial charge in [-0.2, -0.15) is 0 Å². The van der Waals surface area contributed by atoms with E-state index in [0.29, 0.717) is 6.42 Å². The quantitative estimate of drug-likeness (QED) is 0.765. The number of piperidine rings is 1. The van der Waals surface area contributed by atoms with Crippen LogP contribution in [-0.2, 0) is 16.0 Å². The number of rotatable bonds is 6.